The summed E-state index contributed by atoms with van der Waals surface area (Å²) in [7, 11) is 0. The zero-order valence-electron chi connectivity index (χ0n) is 17.7. The SMILES string of the molecule is c1ccc(C2CNCCN2C(c2ccccc2)(c2ccccc2)c2ccccc2)cc1. The van der Waals surface area contributed by atoms with Gasteiger partial charge in [0, 0.05) is 25.7 Å². The van der Waals surface area contributed by atoms with Gasteiger partial charge in [-0.2, -0.15) is 0 Å². The molecule has 1 unspecified atom stereocenters. The Morgan fingerprint density at radius 1 is 0.581 bits per heavy atom. The second-order valence-corrected chi connectivity index (χ2v) is 8.13. The minimum absolute atomic E-state index is 0.260. The highest BCUT2D eigenvalue weighted by molar-refractivity contribution is 5.50. The third kappa shape index (κ3) is 3.59. The molecular formula is C29H28N2. The summed E-state index contributed by atoms with van der Waals surface area (Å²) in [5.41, 5.74) is 4.87. The second kappa shape index (κ2) is 8.89. The number of hydrogen-bond acceptors (Lipinski definition) is 2. The number of nitrogens with zero attached hydrogens (tertiary/aromatic N) is 1. The van der Waals surface area contributed by atoms with Crippen molar-refractivity contribution in [2.45, 2.75) is 11.6 Å². The first kappa shape index (κ1) is 19.7. The molecule has 1 aliphatic rings. The molecular weight excluding hydrogens is 376 g/mol. The first-order chi connectivity index (χ1) is 15.4. The molecule has 0 bridgehead atoms. The summed E-state index contributed by atoms with van der Waals surface area (Å²) in [4.78, 5) is 2.71. The Morgan fingerprint density at radius 3 is 1.45 bits per heavy atom. The predicted molar refractivity (Wildman–Crippen MR) is 128 cm³/mol. The molecule has 4 aromatic rings. The molecule has 1 atom stereocenters. The van der Waals surface area contributed by atoms with Crippen molar-refractivity contribution < 1.29 is 0 Å². The van der Waals surface area contributed by atoms with Crippen molar-refractivity contribution in [1.82, 2.24) is 10.2 Å². The van der Waals surface area contributed by atoms with Gasteiger partial charge >= 0.3 is 0 Å². The van der Waals surface area contributed by atoms with Crippen LogP contribution in [0.2, 0.25) is 0 Å². The van der Waals surface area contributed by atoms with E-state index < -0.39 is 0 Å². The Hall–Kier alpha value is -3.20. The van der Waals surface area contributed by atoms with Crippen LogP contribution in [0.5, 0.6) is 0 Å². The van der Waals surface area contributed by atoms with Crippen molar-refractivity contribution in [3.63, 3.8) is 0 Å². The maximum absolute atomic E-state index is 3.65. The number of nitrogens with one attached hydrogen (secondary N) is 1. The van der Waals surface area contributed by atoms with Gasteiger partial charge in [-0.1, -0.05) is 121 Å². The van der Waals surface area contributed by atoms with Crippen LogP contribution >= 0.6 is 0 Å². The molecule has 1 fully saturated rings. The van der Waals surface area contributed by atoms with Gasteiger partial charge in [0.05, 0.1) is 5.54 Å². The van der Waals surface area contributed by atoms with E-state index in [0.29, 0.717) is 0 Å². The van der Waals surface area contributed by atoms with Gasteiger partial charge in [0.1, 0.15) is 0 Å². The van der Waals surface area contributed by atoms with Crippen LogP contribution in [0.15, 0.2) is 121 Å². The molecule has 31 heavy (non-hydrogen) atoms. The van der Waals surface area contributed by atoms with Gasteiger partial charge in [0.2, 0.25) is 0 Å². The molecule has 0 radical (unpaired) electrons. The van der Waals surface area contributed by atoms with E-state index in [0.717, 1.165) is 19.6 Å². The van der Waals surface area contributed by atoms with Crippen LogP contribution in [-0.2, 0) is 5.54 Å². The highest BCUT2D eigenvalue weighted by Crippen LogP contribution is 2.46. The number of piperazine rings is 1. The van der Waals surface area contributed by atoms with Gasteiger partial charge in [-0.15, -0.1) is 0 Å². The molecule has 5 rings (SSSR count). The molecule has 0 amide bonds. The molecule has 0 aromatic heterocycles. The average Bonchev–Trinajstić information content (AvgIpc) is 2.87. The molecule has 4 aromatic carbocycles. The molecule has 0 aliphatic carbocycles. The van der Waals surface area contributed by atoms with Gasteiger partial charge in [0.15, 0.2) is 0 Å². The van der Waals surface area contributed by atoms with Gasteiger partial charge in [-0.25, -0.2) is 0 Å². The van der Waals surface area contributed by atoms with Crippen LogP contribution in [0, 0.1) is 0 Å². The van der Waals surface area contributed by atoms with Crippen LogP contribution < -0.4 is 5.32 Å². The number of hydrogen-bond donors (Lipinski definition) is 1. The molecule has 0 spiro atoms. The second-order valence-electron chi connectivity index (χ2n) is 8.13. The molecule has 2 nitrogen and oxygen atoms in total. The summed E-state index contributed by atoms with van der Waals surface area (Å²) < 4.78 is 0. The normalized spacial score (nSPS) is 17.4. The summed E-state index contributed by atoms with van der Waals surface area (Å²) in [5, 5.41) is 3.65. The smallest absolute Gasteiger partial charge is 0.0978 e. The van der Waals surface area contributed by atoms with E-state index in [1.54, 1.807) is 0 Å². The minimum atomic E-state index is -0.383. The van der Waals surface area contributed by atoms with Crippen molar-refractivity contribution in [1.29, 1.82) is 0 Å². The monoisotopic (exact) mass is 404 g/mol. The summed E-state index contributed by atoms with van der Waals surface area (Å²) in [6.07, 6.45) is 0. The van der Waals surface area contributed by atoms with Crippen LogP contribution in [0.1, 0.15) is 28.3 Å². The Kier molecular flexibility index (Phi) is 5.66. The van der Waals surface area contributed by atoms with Crippen molar-refractivity contribution in [2.24, 2.45) is 0 Å². The summed E-state index contributed by atoms with van der Waals surface area (Å²) in [6.45, 7) is 2.86. The highest BCUT2D eigenvalue weighted by atomic mass is 15.3. The lowest BCUT2D eigenvalue weighted by atomic mass is 9.74. The summed E-state index contributed by atoms with van der Waals surface area (Å²) in [6, 6.07) is 44.2. The fourth-order valence-corrected chi connectivity index (χ4v) is 5.11. The van der Waals surface area contributed by atoms with Crippen molar-refractivity contribution >= 4 is 0 Å². The van der Waals surface area contributed by atoms with E-state index >= 15 is 0 Å². The van der Waals surface area contributed by atoms with Gasteiger partial charge < -0.3 is 5.32 Å². The number of rotatable bonds is 5. The van der Waals surface area contributed by atoms with E-state index in [-0.39, 0.29) is 11.6 Å². The molecule has 0 saturated carbocycles. The Labute approximate surface area is 185 Å². The summed E-state index contributed by atoms with van der Waals surface area (Å²) >= 11 is 0. The predicted octanol–water partition coefficient (Wildman–Crippen LogP) is 5.63. The van der Waals surface area contributed by atoms with Crippen molar-refractivity contribution in [2.75, 3.05) is 19.6 Å². The number of benzene rings is 4. The van der Waals surface area contributed by atoms with Crippen molar-refractivity contribution in [3.8, 4) is 0 Å². The molecule has 2 heteroatoms. The minimum Gasteiger partial charge on any atom is -0.314 e. The maximum atomic E-state index is 3.65. The Bertz CT molecular complexity index is 982. The lowest BCUT2D eigenvalue weighted by molar-refractivity contribution is 0.0744. The van der Waals surface area contributed by atoms with E-state index in [2.05, 4.69) is 132 Å². The quantitative estimate of drug-likeness (QED) is 0.434. The first-order valence-electron chi connectivity index (χ1n) is 11.1. The lowest BCUT2D eigenvalue weighted by Crippen LogP contribution is -2.57. The third-order valence-corrected chi connectivity index (χ3v) is 6.43. The van der Waals surface area contributed by atoms with E-state index in [1.165, 1.54) is 22.3 Å². The highest BCUT2D eigenvalue weighted by Gasteiger charge is 2.46. The Morgan fingerprint density at radius 2 is 1.00 bits per heavy atom. The van der Waals surface area contributed by atoms with Crippen LogP contribution in [0.25, 0.3) is 0 Å². The molecule has 1 aliphatic heterocycles. The Balaban J connectivity index is 1.81. The fraction of sp³-hybridized carbons (Fsp3) is 0.172. The first-order valence-corrected chi connectivity index (χ1v) is 11.1. The topological polar surface area (TPSA) is 15.3 Å². The van der Waals surface area contributed by atoms with Gasteiger partial charge in [-0.05, 0) is 22.3 Å². The third-order valence-electron chi connectivity index (χ3n) is 6.43. The van der Waals surface area contributed by atoms with Gasteiger partial charge in [-0.3, -0.25) is 4.90 Å². The maximum Gasteiger partial charge on any atom is 0.0978 e. The molecule has 1 saturated heterocycles. The molecule has 154 valence electrons. The lowest BCUT2D eigenvalue weighted by Gasteiger charge is -2.51. The fourth-order valence-electron chi connectivity index (χ4n) is 5.11. The zero-order valence-corrected chi connectivity index (χ0v) is 17.7. The van der Waals surface area contributed by atoms with Crippen LogP contribution in [-0.4, -0.2) is 24.5 Å². The van der Waals surface area contributed by atoms with E-state index in [1.807, 2.05) is 0 Å². The standard InChI is InChI=1S/C29H28N2/c1-5-13-24(14-6-1)28-23-30-21-22-31(28)29(25-15-7-2-8-16-25,26-17-9-3-10-18-26)27-19-11-4-12-20-27/h1-20,28,30H,21-23H2. The van der Waals surface area contributed by atoms with Crippen molar-refractivity contribution in [3.05, 3.63) is 144 Å². The zero-order chi connectivity index (χ0) is 20.9. The van der Waals surface area contributed by atoms with Crippen LogP contribution in [0.3, 0.4) is 0 Å². The largest absolute Gasteiger partial charge is 0.314 e. The summed E-state index contributed by atoms with van der Waals surface area (Å²) in [5.74, 6) is 0. The molecule has 1 N–H and O–H groups in total. The average molecular weight is 405 g/mol. The van der Waals surface area contributed by atoms with E-state index in [4.69, 9.17) is 0 Å². The van der Waals surface area contributed by atoms with Crippen LogP contribution in [0.4, 0.5) is 0 Å². The van der Waals surface area contributed by atoms with Gasteiger partial charge in [0.25, 0.3) is 0 Å². The molecule has 1 heterocycles. The van der Waals surface area contributed by atoms with E-state index in [9.17, 15) is 0 Å².